The van der Waals surface area contributed by atoms with Crippen LogP contribution in [0.5, 0.6) is 0 Å². The lowest BCUT2D eigenvalue weighted by molar-refractivity contribution is 0.471. The van der Waals surface area contributed by atoms with E-state index in [1.165, 1.54) is 25.7 Å². The largest absolute Gasteiger partial charge is 0.388 e. The highest BCUT2D eigenvalue weighted by Gasteiger charge is 2.20. The Morgan fingerprint density at radius 3 is 2.78 bits per heavy atom. The highest BCUT2D eigenvalue weighted by atomic mass is 32.2. The first-order valence-electron chi connectivity index (χ1n) is 6.11. The molecule has 1 heterocycles. The summed E-state index contributed by atoms with van der Waals surface area (Å²) in [5.74, 6) is 0.632. The lowest BCUT2D eigenvalue weighted by Gasteiger charge is -2.28. The Labute approximate surface area is 117 Å². The fourth-order valence-corrected chi connectivity index (χ4v) is 3.05. The maximum Gasteiger partial charge on any atom is 0.223 e. The first kappa shape index (κ1) is 13.5. The van der Waals surface area contributed by atoms with Crippen LogP contribution in [0.15, 0.2) is 12.3 Å². The van der Waals surface area contributed by atoms with E-state index in [-0.39, 0.29) is 0 Å². The molecule has 2 rings (SSSR count). The van der Waals surface area contributed by atoms with Crippen LogP contribution in [0.4, 0.5) is 5.95 Å². The summed E-state index contributed by atoms with van der Waals surface area (Å²) in [7, 11) is 0. The van der Waals surface area contributed by atoms with Crippen LogP contribution < -0.4 is 11.1 Å². The van der Waals surface area contributed by atoms with E-state index in [9.17, 15) is 0 Å². The number of hydrogen-bond acceptors (Lipinski definition) is 5. The summed E-state index contributed by atoms with van der Waals surface area (Å²) in [5.41, 5.74) is 6.19. The summed E-state index contributed by atoms with van der Waals surface area (Å²) in [4.78, 5) is 8.84. The minimum Gasteiger partial charge on any atom is -0.388 e. The molecular weight excluding hydrogens is 264 g/mol. The van der Waals surface area contributed by atoms with E-state index in [1.54, 1.807) is 12.3 Å². The summed E-state index contributed by atoms with van der Waals surface area (Å²) >= 11 is 6.88. The van der Waals surface area contributed by atoms with Crippen LogP contribution in [0.3, 0.4) is 0 Å². The van der Waals surface area contributed by atoms with Crippen molar-refractivity contribution in [1.82, 2.24) is 9.97 Å². The van der Waals surface area contributed by atoms with Gasteiger partial charge in [-0.2, -0.15) is 11.8 Å². The molecule has 0 radical (unpaired) electrons. The van der Waals surface area contributed by atoms with Crippen molar-refractivity contribution in [3.63, 3.8) is 0 Å². The number of nitrogens with one attached hydrogen (secondary N) is 1. The molecule has 0 aliphatic heterocycles. The summed E-state index contributed by atoms with van der Waals surface area (Å²) < 4.78 is 0. The van der Waals surface area contributed by atoms with Crippen molar-refractivity contribution in [1.29, 1.82) is 0 Å². The zero-order chi connectivity index (χ0) is 13.0. The Balaban J connectivity index is 1.94. The van der Waals surface area contributed by atoms with E-state index in [0.29, 0.717) is 22.7 Å². The Kier molecular flexibility index (Phi) is 4.77. The van der Waals surface area contributed by atoms with Gasteiger partial charge in [0.05, 0.1) is 0 Å². The lowest BCUT2D eigenvalue weighted by Crippen LogP contribution is -2.28. The molecule has 0 bridgehead atoms. The van der Waals surface area contributed by atoms with Gasteiger partial charge in [-0.05, 0) is 38.0 Å². The molecule has 1 aliphatic carbocycles. The van der Waals surface area contributed by atoms with Gasteiger partial charge in [0.2, 0.25) is 5.95 Å². The molecule has 4 nitrogen and oxygen atoms in total. The fourth-order valence-electron chi connectivity index (χ4n) is 2.19. The minimum absolute atomic E-state index is 0.312. The number of nitrogens with zero attached hydrogens (tertiary/aromatic N) is 2. The average molecular weight is 282 g/mol. The van der Waals surface area contributed by atoms with Crippen LogP contribution >= 0.6 is 24.0 Å². The number of rotatable bonds is 4. The first-order chi connectivity index (χ1) is 8.69. The lowest BCUT2D eigenvalue weighted by atomic mass is 9.95. The maximum atomic E-state index is 5.56. The molecule has 6 heteroatoms. The maximum absolute atomic E-state index is 5.56. The van der Waals surface area contributed by atoms with Crippen molar-refractivity contribution in [2.45, 2.75) is 37.0 Å². The molecule has 0 unspecified atom stereocenters. The number of aromatic nitrogens is 2. The number of thioether (sulfide) groups is 1. The van der Waals surface area contributed by atoms with Crippen molar-refractivity contribution < 1.29 is 0 Å². The van der Waals surface area contributed by atoms with Crippen LogP contribution in [0.2, 0.25) is 0 Å². The highest BCUT2D eigenvalue weighted by molar-refractivity contribution is 7.99. The van der Waals surface area contributed by atoms with Crippen molar-refractivity contribution in [3.05, 3.63) is 18.0 Å². The van der Waals surface area contributed by atoms with E-state index in [1.807, 2.05) is 11.8 Å². The van der Waals surface area contributed by atoms with Crippen molar-refractivity contribution in [2.75, 3.05) is 11.6 Å². The number of nitrogens with two attached hydrogens (primary N) is 1. The Morgan fingerprint density at radius 1 is 1.44 bits per heavy atom. The SMILES string of the molecule is CSC1CCC(Nc2nccc(C(N)=S)n2)CC1. The Hall–Kier alpha value is -0.880. The summed E-state index contributed by atoms with van der Waals surface area (Å²) in [6.45, 7) is 0. The van der Waals surface area contributed by atoms with Gasteiger partial charge < -0.3 is 11.1 Å². The fraction of sp³-hybridized carbons (Fsp3) is 0.583. The summed E-state index contributed by atoms with van der Waals surface area (Å²) in [6.07, 6.45) is 8.74. The van der Waals surface area contributed by atoms with Gasteiger partial charge in [0.25, 0.3) is 0 Å². The zero-order valence-corrected chi connectivity index (χ0v) is 12.1. The smallest absolute Gasteiger partial charge is 0.223 e. The first-order valence-corrected chi connectivity index (χ1v) is 7.81. The third-order valence-electron chi connectivity index (χ3n) is 3.25. The van der Waals surface area contributed by atoms with Crippen molar-refractivity contribution in [3.8, 4) is 0 Å². The van der Waals surface area contributed by atoms with Crippen molar-refractivity contribution in [2.24, 2.45) is 5.73 Å². The van der Waals surface area contributed by atoms with Gasteiger partial charge >= 0.3 is 0 Å². The predicted octanol–water partition coefficient (Wildman–Crippen LogP) is 2.20. The molecule has 0 aromatic carbocycles. The van der Waals surface area contributed by atoms with E-state index < -0.39 is 0 Å². The number of anilines is 1. The molecule has 1 aromatic heterocycles. The monoisotopic (exact) mass is 282 g/mol. The molecule has 0 saturated heterocycles. The molecule has 0 amide bonds. The molecular formula is C12H18N4S2. The van der Waals surface area contributed by atoms with E-state index in [2.05, 4.69) is 21.5 Å². The van der Waals surface area contributed by atoms with Crippen LogP contribution in [0, 0.1) is 0 Å². The predicted molar refractivity (Wildman–Crippen MR) is 81.1 cm³/mol. The van der Waals surface area contributed by atoms with E-state index in [0.717, 1.165) is 5.25 Å². The quantitative estimate of drug-likeness (QED) is 0.826. The molecule has 3 N–H and O–H groups in total. The summed E-state index contributed by atoms with van der Waals surface area (Å²) in [6, 6.07) is 2.20. The van der Waals surface area contributed by atoms with Gasteiger partial charge in [-0.25, -0.2) is 9.97 Å². The number of hydrogen-bond donors (Lipinski definition) is 2. The normalized spacial score (nSPS) is 23.6. The van der Waals surface area contributed by atoms with Gasteiger partial charge in [-0.3, -0.25) is 0 Å². The second-order valence-electron chi connectivity index (χ2n) is 4.48. The molecule has 0 spiro atoms. The van der Waals surface area contributed by atoms with Gasteiger partial charge in [-0.15, -0.1) is 0 Å². The van der Waals surface area contributed by atoms with Crippen LogP contribution in [-0.4, -0.2) is 32.5 Å². The Morgan fingerprint density at radius 2 is 2.17 bits per heavy atom. The van der Waals surface area contributed by atoms with Crippen LogP contribution in [0.25, 0.3) is 0 Å². The molecule has 1 aromatic rings. The highest BCUT2D eigenvalue weighted by Crippen LogP contribution is 2.28. The molecule has 18 heavy (non-hydrogen) atoms. The Bertz CT molecular complexity index is 416. The van der Waals surface area contributed by atoms with Gasteiger partial charge in [0.1, 0.15) is 10.7 Å². The average Bonchev–Trinajstić information content (AvgIpc) is 2.40. The standard InChI is InChI=1S/C12H18N4S2/c1-18-9-4-2-8(3-5-9)15-12-14-7-6-10(16-12)11(13)17/h6-9H,2-5H2,1H3,(H2,13,17)(H,14,15,16). The topological polar surface area (TPSA) is 63.8 Å². The molecule has 1 saturated carbocycles. The van der Waals surface area contributed by atoms with E-state index >= 15 is 0 Å². The second kappa shape index (κ2) is 6.33. The van der Waals surface area contributed by atoms with Crippen molar-refractivity contribution >= 4 is 34.9 Å². The molecule has 1 aliphatic rings. The van der Waals surface area contributed by atoms with Crippen LogP contribution in [0.1, 0.15) is 31.4 Å². The minimum atomic E-state index is 0.312. The molecule has 0 atom stereocenters. The van der Waals surface area contributed by atoms with Gasteiger partial charge in [-0.1, -0.05) is 12.2 Å². The van der Waals surface area contributed by atoms with Gasteiger partial charge in [0, 0.05) is 17.5 Å². The molecule has 1 fully saturated rings. The van der Waals surface area contributed by atoms with Crippen LogP contribution in [-0.2, 0) is 0 Å². The van der Waals surface area contributed by atoms with Gasteiger partial charge in [0.15, 0.2) is 0 Å². The zero-order valence-electron chi connectivity index (χ0n) is 10.4. The number of thiocarbonyl (C=S) groups is 1. The van der Waals surface area contributed by atoms with E-state index in [4.69, 9.17) is 18.0 Å². The third-order valence-corrected chi connectivity index (χ3v) is 4.60. The second-order valence-corrected chi connectivity index (χ2v) is 6.06. The molecule has 98 valence electrons. The summed E-state index contributed by atoms with van der Waals surface area (Å²) in [5, 5.41) is 4.19. The third kappa shape index (κ3) is 3.55.